The highest BCUT2D eigenvalue weighted by Gasteiger charge is 2.17. The van der Waals surface area contributed by atoms with E-state index >= 15 is 0 Å². The molecule has 1 aromatic heterocycles. The second-order valence-corrected chi connectivity index (χ2v) is 5.40. The Bertz CT molecular complexity index is 429. The van der Waals surface area contributed by atoms with Gasteiger partial charge in [-0.3, -0.25) is 4.79 Å². The fourth-order valence-corrected chi connectivity index (χ4v) is 2.65. The first-order valence-corrected chi connectivity index (χ1v) is 7.72. The molecule has 0 radical (unpaired) electrons. The van der Waals surface area contributed by atoms with Gasteiger partial charge >= 0.3 is 0 Å². The molecule has 0 spiro atoms. The molecule has 0 aromatic carbocycles. The Hall–Kier alpha value is -1.58. The lowest BCUT2D eigenvalue weighted by Gasteiger charge is -2.25. The zero-order valence-electron chi connectivity index (χ0n) is 12.6. The number of likely N-dealkylation sites (tertiary alicyclic amines) is 1. The monoisotopic (exact) mass is 275 g/mol. The third-order valence-electron chi connectivity index (χ3n) is 3.89. The van der Waals surface area contributed by atoms with E-state index < -0.39 is 0 Å². The number of amides is 1. The second-order valence-electron chi connectivity index (χ2n) is 5.40. The maximum atomic E-state index is 12.7. The number of hydrogen-bond donors (Lipinski definition) is 1. The lowest BCUT2D eigenvalue weighted by molar-refractivity contribution is 0.0742. The number of nitrogens with one attached hydrogen (secondary N) is 1. The summed E-state index contributed by atoms with van der Waals surface area (Å²) in [6.45, 7) is 3.83. The van der Waals surface area contributed by atoms with E-state index in [9.17, 15) is 4.79 Å². The topological polar surface area (TPSA) is 45.2 Å². The lowest BCUT2D eigenvalue weighted by Crippen LogP contribution is -2.34. The van der Waals surface area contributed by atoms with E-state index in [1.54, 1.807) is 0 Å². The van der Waals surface area contributed by atoms with Crippen molar-refractivity contribution in [2.75, 3.05) is 25.5 Å². The molecular weight excluding hydrogens is 250 g/mol. The normalized spacial score (nSPS) is 16.4. The van der Waals surface area contributed by atoms with Gasteiger partial charge in [-0.2, -0.15) is 0 Å². The molecule has 0 aliphatic carbocycles. The number of nitrogens with zero attached hydrogens (tertiary/aromatic N) is 2. The molecule has 1 aliphatic heterocycles. The molecule has 2 heterocycles. The molecule has 4 heteroatoms. The van der Waals surface area contributed by atoms with E-state index in [0.29, 0.717) is 0 Å². The largest absolute Gasteiger partial charge is 0.373 e. The summed E-state index contributed by atoms with van der Waals surface area (Å²) in [5.41, 5.74) is 1.73. The van der Waals surface area contributed by atoms with E-state index in [0.717, 1.165) is 49.4 Å². The van der Waals surface area contributed by atoms with Crippen LogP contribution in [0, 0.1) is 0 Å². The highest BCUT2D eigenvalue weighted by Crippen LogP contribution is 2.16. The third kappa shape index (κ3) is 3.71. The van der Waals surface area contributed by atoms with Crippen molar-refractivity contribution in [3.8, 4) is 0 Å². The third-order valence-corrected chi connectivity index (χ3v) is 3.89. The fraction of sp³-hybridized carbons (Fsp3) is 0.625. The molecule has 0 atom stereocenters. The van der Waals surface area contributed by atoms with Gasteiger partial charge < -0.3 is 10.2 Å². The number of aryl methyl sites for hydroxylation is 1. The number of pyridine rings is 1. The molecule has 1 saturated heterocycles. The average molecular weight is 275 g/mol. The van der Waals surface area contributed by atoms with Gasteiger partial charge in [-0.25, -0.2) is 4.98 Å². The van der Waals surface area contributed by atoms with E-state index in [1.807, 2.05) is 24.1 Å². The molecule has 1 fully saturated rings. The standard InChI is InChI=1S/C16H25N3O/c1-3-14-11-13(12-15(17-2)18-14)16(20)19-9-7-5-4-6-8-10-19/h11-12H,3-10H2,1-2H3,(H,17,18). The van der Waals surface area contributed by atoms with Crippen molar-refractivity contribution in [3.05, 3.63) is 23.4 Å². The first-order valence-electron chi connectivity index (χ1n) is 7.72. The first-order chi connectivity index (χ1) is 9.74. The molecule has 0 bridgehead atoms. The van der Waals surface area contributed by atoms with E-state index in [1.165, 1.54) is 19.3 Å². The minimum atomic E-state index is 0.153. The van der Waals surface area contributed by atoms with Crippen LogP contribution in [0.15, 0.2) is 12.1 Å². The van der Waals surface area contributed by atoms with Gasteiger partial charge in [0.25, 0.3) is 5.91 Å². The Labute approximate surface area is 121 Å². The van der Waals surface area contributed by atoms with Gasteiger partial charge in [0.05, 0.1) is 0 Å². The summed E-state index contributed by atoms with van der Waals surface area (Å²) in [4.78, 5) is 19.1. The van der Waals surface area contributed by atoms with E-state index in [2.05, 4.69) is 17.2 Å². The van der Waals surface area contributed by atoms with Crippen LogP contribution in [-0.4, -0.2) is 35.9 Å². The molecular formula is C16H25N3O. The summed E-state index contributed by atoms with van der Waals surface area (Å²) >= 11 is 0. The van der Waals surface area contributed by atoms with Crippen molar-refractivity contribution in [1.29, 1.82) is 0 Å². The van der Waals surface area contributed by atoms with Crippen LogP contribution >= 0.6 is 0 Å². The highest BCUT2D eigenvalue weighted by molar-refractivity contribution is 5.95. The summed E-state index contributed by atoms with van der Waals surface area (Å²) in [7, 11) is 1.84. The molecule has 0 saturated carbocycles. The molecule has 20 heavy (non-hydrogen) atoms. The van der Waals surface area contributed by atoms with Crippen LogP contribution in [0.2, 0.25) is 0 Å². The summed E-state index contributed by atoms with van der Waals surface area (Å²) in [5, 5.41) is 3.04. The SMILES string of the molecule is CCc1cc(C(=O)N2CCCCCCC2)cc(NC)n1. The average Bonchev–Trinajstić information content (AvgIpc) is 2.45. The summed E-state index contributed by atoms with van der Waals surface area (Å²) in [5.74, 6) is 0.931. The minimum Gasteiger partial charge on any atom is -0.373 e. The maximum absolute atomic E-state index is 12.7. The predicted octanol–water partition coefficient (Wildman–Crippen LogP) is 3.09. The van der Waals surface area contributed by atoms with Crippen molar-refractivity contribution in [1.82, 2.24) is 9.88 Å². The molecule has 4 nitrogen and oxygen atoms in total. The lowest BCUT2D eigenvalue weighted by atomic mass is 10.1. The molecule has 1 aromatic rings. The first kappa shape index (κ1) is 14.8. The molecule has 0 unspecified atom stereocenters. The molecule has 1 amide bonds. The van der Waals surface area contributed by atoms with E-state index in [-0.39, 0.29) is 5.91 Å². The minimum absolute atomic E-state index is 0.153. The van der Waals surface area contributed by atoms with Gasteiger partial charge in [0.1, 0.15) is 5.82 Å². The number of carbonyl (C=O) groups excluding carboxylic acids is 1. The quantitative estimate of drug-likeness (QED) is 0.922. The zero-order chi connectivity index (χ0) is 14.4. The zero-order valence-corrected chi connectivity index (χ0v) is 12.6. The number of aromatic nitrogens is 1. The van der Waals surface area contributed by atoms with Crippen LogP contribution in [0.1, 0.15) is 55.1 Å². The predicted molar refractivity (Wildman–Crippen MR) is 82.2 cm³/mol. The number of carbonyl (C=O) groups is 1. The summed E-state index contributed by atoms with van der Waals surface area (Å²) < 4.78 is 0. The van der Waals surface area contributed by atoms with Crippen LogP contribution < -0.4 is 5.32 Å². The molecule has 2 rings (SSSR count). The van der Waals surface area contributed by atoms with Gasteiger partial charge in [-0.05, 0) is 31.4 Å². The van der Waals surface area contributed by atoms with Crippen molar-refractivity contribution in [2.24, 2.45) is 0 Å². The molecule has 110 valence electrons. The van der Waals surface area contributed by atoms with Crippen LogP contribution in [0.3, 0.4) is 0 Å². The summed E-state index contributed by atoms with van der Waals surface area (Å²) in [6, 6.07) is 3.79. The fourth-order valence-electron chi connectivity index (χ4n) is 2.65. The highest BCUT2D eigenvalue weighted by atomic mass is 16.2. The molecule has 1 aliphatic rings. The Balaban J connectivity index is 2.17. The van der Waals surface area contributed by atoms with Crippen molar-refractivity contribution in [3.63, 3.8) is 0 Å². The number of anilines is 1. The van der Waals surface area contributed by atoms with Crippen LogP contribution in [0.5, 0.6) is 0 Å². The summed E-state index contributed by atoms with van der Waals surface area (Å²) in [6.07, 6.45) is 6.87. The molecule has 1 N–H and O–H groups in total. The Morgan fingerprint density at radius 1 is 1.20 bits per heavy atom. The van der Waals surface area contributed by atoms with Gasteiger partial charge in [0.15, 0.2) is 0 Å². The smallest absolute Gasteiger partial charge is 0.254 e. The Morgan fingerprint density at radius 3 is 2.45 bits per heavy atom. The second kappa shape index (κ2) is 7.27. The van der Waals surface area contributed by atoms with Gasteiger partial charge in [-0.15, -0.1) is 0 Å². The Kier molecular flexibility index (Phi) is 5.39. The van der Waals surface area contributed by atoms with Crippen LogP contribution in [0.4, 0.5) is 5.82 Å². The Morgan fingerprint density at radius 2 is 1.85 bits per heavy atom. The van der Waals surface area contributed by atoms with Crippen molar-refractivity contribution in [2.45, 2.75) is 45.4 Å². The van der Waals surface area contributed by atoms with Crippen LogP contribution in [0.25, 0.3) is 0 Å². The van der Waals surface area contributed by atoms with E-state index in [4.69, 9.17) is 0 Å². The van der Waals surface area contributed by atoms with Crippen LogP contribution in [-0.2, 0) is 6.42 Å². The van der Waals surface area contributed by atoms with Gasteiger partial charge in [0, 0.05) is 31.4 Å². The maximum Gasteiger partial charge on any atom is 0.254 e. The van der Waals surface area contributed by atoms with Crippen molar-refractivity contribution < 1.29 is 4.79 Å². The number of rotatable bonds is 3. The van der Waals surface area contributed by atoms with Crippen molar-refractivity contribution >= 4 is 11.7 Å². The van der Waals surface area contributed by atoms with Gasteiger partial charge in [-0.1, -0.05) is 26.2 Å². The number of hydrogen-bond acceptors (Lipinski definition) is 3. The van der Waals surface area contributed by atoms with Gasteiger partial charge in [0.2, 0.25) is 0 Å².